The first-order valence-corrected chi connectivity index (χ1v) is 9.91. The number of rotatable bonds is 9. The number of nitrogens with zero attached hydrogens (tertiary/aromatic N) is 2. The van der Waals surface area contributed by atoms with Crippen LogP contribution in [0.15, 0.2) is 0 Å². The molecule has 2 atom stereocenters. The standard InChI is InChI=1S/C19H30N2O6/c22-16(20-10-6-3-7-11-20)8-4-1-2-5-9-17(23)21-12-14(18(24)25)15(13-21)19(26)27/h14-15H,1-13H2,(H,24,25)(H,26,27)/t14-,15+. The molecule has 2 aliphatic rings. The van der Waals surface area contributed by atoms with Crippen LogP contribution in [0.5, 0.6) is 0 Å². The summed E-state index contributed by atoms with van der Waals surface area (Å²) in [4.78, 5) is 49.9. The van der Waals surface area contributed by atoms with Crippen molar-refractivity contribution in [1.29, 1.82) is 0 Å². The summed E-state index contributed by atoms with van der Waals surface area (Å²) in [5, 5.41) is 18.2. The third-order valence-electron chi connectivity index (χ3n) is 5.55. The summed E-state index contributed by atoms with van der Waals surface area (Å²) in [5.74, 6) is -4.37. The molecule has 0 aromatic heterocycles. The Balaban J connectivity index is 1.60. The lowest BCUT2D eigenvalue weighted by molar-refractivity contribution is -0.151. The molecule has 0 radical (unpaired) electrons. The first kappa shape index (κ1) is 21.2. The number of carbonyl (C=O) groups is 4. The minimum absolute atomic E-state index is 0.0323. The van der Waals surface area contributed by atoms with Gasteiger partial charge in [0.15, 0.2) is 0 Å². The van der Waals surface area contributed by atoms with Crippen LogP contribution in [0, 0.1) is 11.8 Å². The molecule has 2 aliphatic heterocycles. The van der Waals surface area contributed by atoms with Gasteiger partial charge in [-0.05, 0) is 32.1 Å². The fourth-order valence-electron chi connectivity index (χ4n) is 3.87. The van der Waals surface area contributed by atoms with Gasteiger partial charge in [0.05, 0.1) is 11.8 Å². The molecule has 0 unspecified atom stereocenters. The summed E-state index contributed by atoms with van der Waals surface area (Å²) in [6.45, 7) is 1.68. The van der Waals surface area contributed by atoms with Gasteiger partial charge >= 0.3 is 11.9 Å². The topological polar surface area (TPSA) is 115 Å². The van der Waals surface area contributed by atoms with E-state index in [-0.39, 0.29) is 24.9 Å². The van der Waals surface area contributed by atoms with Crippen molar-refractivity contribution in [3.8, 4) is 0 Å². The lowest BCUT2D eigenvalue weighted by atomic mass is 9.97. The second-order valence-corrected chi connectivity index (χ2v) is 7.54. The van der Waals surface area contributed by atoms with Gasteiger partial charge in [-0.15, -0.1) is 0 Å². The molecule has 0 saturated carbocycles. The lowest BCUT2D eigenvalue weighted by Gasteiger charge is -2.26. The van der Waals surface area contributed by atoms with Crippen molar-refractivity contribution in [1.82, 2.24) is 9.80 Å². The Hall–Kier alpha value is -2.12. The molecule has 0 aromatic rings. The third kappa shape index (κ3) is 6.22. The zero-order valence-electron chi connectivity index (χ0n) is 15.8. The van der Waals surface area contributed by atoms with Crippen LogP contribution in [0.4, 0.5) is 0 Å². The molecule has 2 saturated heterocycles. The molecule has 0 bridgehead atoms. The van der Waals surface area contributed by atoms with Crippen LogP contribution in [0.1, 0.15) is 57.8 Å². The van der Waals surface area contributed by atoms with Crippen LogP contribution in [-0.2, 0) is 19.2 Å². The molecule has 0 spiro atoms. The number of carboxylic acid groups (broad SMARTS) is 2. The summed E-state index contributed by atoms with van der Waals surface area (Å²) in [5.41, 5.74) is 0. The third-order valence-corrected chi connectivity index (χ3v) is 5.55. The van der Waals surface area contributed by atoms with E-state index in [1.807, 2.05) is 4.90 Å². The fourth-order valence-corrected chi connectivity index (χ4v) is 3.87. The summed E-state index contributed by atoms with van der Waals surface area (Å²) in [7, 11) is 0. The molecule has 8 heteroatoms. The van der Waals surface area contributed by atoms with Crippen molar-refractivity contribution in [2.75, 3.05) is 26.2 Å². The quantitative estimate of drug-likeness (QED) is 0.585. The van der Waals surface area contributed by atoms with E-state index >= 15 is 0 Å². The summed E-state index contributed by atoms with van der Waals surface area (Å²) in [6, 6.07) is 0. The van der Waals surface area contributed by atoms with E-state index < -0.39 is 23.8 Å². The lowest BCUT2D eigenvalue weighted by Crippen LogP contribution is -2.35. The monoisotopic (exact) mass is 382 g/mol. The van der Waals surface area contributed by atoms with E-state index in [1.54, 1.807) is 0 Å². The zero-order chi connectivity index (χ0) is 19.8. The Bertz CT molecular complexity index is 536. The molecule has 8 nitrogen and oxygen atoms in total. The van der Waals surface area contributed by atoms with Gasteiger partial charge < -0.3 is 20.0 Å². The Morgan fingerprint density at radius 1 is 0.667 bits per heavy atom. The first-order valence-electron chi connectivity index (χ1n) is 9.91. The molecule has 2 fully saturated rings. The number of carboxylic acids is 2. The molecule has 2 N–H and O–H groups in total. The van der Waals surface area contributed by atoms with Crippen LogP contribution in [0.25, 0.3) is 0 Å². The van der Waals surface area contributed by atoms with Crippen molar-refractivity contribution in [2.45, 2.75) is 57.8 Å². The predicted molar refractivity (Wildman–Crippen MR) is 97.0 cm³/mol. The number of aliphatic carboxylic acids is 2. The molecule has 27 heavy (non-hydrogen) atoms. The van der Waals surface area contributed by atoms with E-state index in [1.165, 1.54) is 11.3 Å². The minimum atomic E-state index is -1.17. The number of piperidine rings is 1. The maximum absolute atomic E-state index is 12.2. The molecule has 2 rings (SSSR count). The van der Waals surface area contributed by atoms with Crippen molar-refractivity contribution < 1.29 is 29.4 Å². The summed E-state index contributed by atoms with van der Waals surface area (Å²) < 4.78 is 0. The molecule has 2 amide bonds. The molecular formula is C19H30N2O6. The van der Waals surface area contributed by atoms with Gasteiger partial charge in [-0.3, -0.25) is 19.2 Å². The van der Waals surface area contributed by atoms with Crippen molar-refractivity contribution in [2.24, 2.45) is 11.8 Å². The van der Waals surface area contributed by atoms with Crippen LogP contribution in [0.3, 0.4) is 0 Å². The average molecular weight is 382 g/mol. The van der Waals surface area contributed by atoms with Gasteiger partial charge in [0.1, 0.15) is 0 Å². The van der Waals surface area contributed by atoms with Gasteiger partial charge in [0, 0.05) is 39.0 Å². The normalized spacial score (nSPS) is 22.7. The van der Waals surface area contributed by atoms with Crippen molar-refractivity contribution in [3.05, 3.63) is 0 Å². The second kappa shape index (κ2) is 10.3. The summed E-state index contributed by atoms with van der Waals surface area (Å²) in [6.07, 6.45) is 7.43. The van der Waals surface area contributed by atoms with Crippen LogP contribution >= 0.6 is 0 Å². The predicted octanol–water partition coefficient (Wildman–Crippen LogP) is 1.58. The first-order chi connectivity index (χ1) is 12.9. The molecule has 0 aromatic carbocycles. The number of unbranched alkanes of at least 4 members (excludes halogenated alkanes) is 3. The average Bonchev–Trinajstić information content (AvgIpc) is 3.11. The second-order valence-electron chi connectivity index (χ2n) is 7.54. The minimum Gasteiger partial charge on any atom is -0.481 e. The number of hydrogen-bond donors (Lipinski definition) is 2. The van der Waals surface area contributed by atoms with E-state index in [9.17, 15) is 19.2 Å². The number of carbonyl (C=O) groups excluding carboxylic acids is 2. The van der Waals surface area contributed by atoms with E-state index in [0.717, 1.165) is 45.2 Å². The molecular weight excluding hydrogens is 352 g/mol. The van der Waals surface area contributed by atoms with Gasteiger partial charge in [-0.25, -0.2) is 0 Å². The molecule has 0 aliphatic carbocycles. The largest absolute Gasteiger partial charge is 0.481 e. The number of hydrogen-bond acceptors (Lipinski definition) is 4. The van der Waals surface area contributed by atoms with E-state index in [2.05, 4.69) is 0 Å². The highest BCUT2D eigenvalue weighted by atomic mass is 16.4. The van der Waals surface area contributed by atoms with Crippen LogP contribution in [-0.4, -0.2) is 69.9 Å². The number of amides is 2. The van der Waals surface area contributed by atoms with E-state index in [4.69, 9.17) is 10.2 Å². The highest BCUT2D eigenvalue weighted by Crippen LogP contribution is 2.25. The van der Waals surface area contributed by atoms with Crippen molar-refractivity contribution >= 4 is 23.8 Å². The fraction of sp³-hybridized carbons (Fsp3) is 0.789. The van der Waals surface area contributed by atoms with Gasteiger partial charge in [0.25, 0.3) is 0 Å². The van der Waals surface area contributed by atoms with Gasteiger partial charge in [-0.2, -0.15) is 0 Å². The number of likely N-dealkylation sites (tertiary alicyclic amines) is 2. The van der Waals surface area contributed by atoms with Crippen molar-refractivity contribution in [3.63, 3.8) is 0 Å². The Morgan fingerprint density at radius 2 is 1.11 bits per heavy atom. The SMILES string of the molecule is O=C(O)[C@H]1CN(C(=O)CCCCCCC(=O)N2CCCCC2)C[C@H]1C(=O)O. The van der Waals surface area contributed by atoms with Crippen LogP contribution < -0.4 is 0 Å². The Morgan fingerprint density at radius 3 is 1.56 bits per heavy atom. The maximum Gasteiger partial charge on any atom is 0.309 e. The Kier molecular flexibility index (Phi) is 8.06. The summed E-state index contributed by atoms with van der Waals surface area (Å²) >= 11 is 0. The van der Waals surface area contributed by atoms with Gasteiger partial charge in [-0.1, -0.05) is 12.8 Å². The highest BCUT2D eigenvalue weighted by Gasteiger charge is 2.43. The van der Waals surface area contributed by atoms with Gasteiger partial charge in [0.2, 0.25) is 11.8 Å². The maximum atomic E-state index is 12.2. The molecule has 152 valence electrons. The highest BCUT2D eigenvalue weighted by molar-refractivity contribution is 5.84. The molecule has 2 heterocycles. The smallest absolute Gasteiger partial charge is 0.309 e. The zero-order valence-corrected chi connectivity index (χ0v) is 15.8. The van der Waals surface area contributed by atoms with Crippen LogP contribution in [0.2, 0.25) is 0 Å². The Labute approximate surface area is 159 Å². The van der Waals surface area contributed by atoms with E-state index in [0.29, 0.717) is 19.3 Å².